The number of phenolic OH excluding ortho intramolecular Hbond substituents is 1. The van der Waals surface area contributed by atoms with Gasteiger partial charge in [0.1, 0.15) is 5.75 Å². The van der Waals surface area contributed by atoms with E-state index >= 15 is 0 Å². The average molecular weight is 243 g/mol. The third kappa shape index (κ3) is 3.28. The smallest absolute Gasteiger partial charge is 0.159 e. The highest BCUT2D eigenvalue weighted by Crippen LogP contribution is 2.18. The number of benzene rings is 1. The third-order valence-corrected chi connectivity index (χ3v) is 2.57. The van der Waals surface area contributed by atoms with Crippen molar-refractivity contribution in [3.05, 3.63) is 42.2 Å². The van der Waals surface area contributed by atoms with E-state index in [9.17, 15) is 5.11 Å². The van der Waals surface area contributed by atoms with Crippen LogP contribution >= 0.6 is 0 Å². The van der Waals surface area contributed by atoms with Crippen LogP contribution in [0.4, 0.5) is 0 Å². The monoisotopic (exact) mass is 243 g/mol. The fourth-order valence-electron chi connectivity index (χ4n) is 1.64. The molecule has 0 aliphatic heterocycles. The normalized spacial score (nSPS) is 10.5. The first-order valence-electron chi connectivity index (χ1n) is 6.11. The van der Waals surface area contributed by atoms with Gasteiger partial charge in [0.2, 0.25) is 0 Å². The highest BCUT2D eigenvalue weighted by molar-refractivity contribution is 5.55. The van der Waals surface area contributed by atoms with Crippen molar-refractivity contribution in [1.29, 1.82) is 0 Å². The van der Waals surface area contributed by atoms with Gasteiger partial charge in [-0.05, 0) is 43.3 Å². The van der Waals surface area contributed by atoms with Crippen molar-refractivity contribution in [3.63, 3.8) is 0 Å². The number of aromatic nitrogens is 2. The molecule has 0 atom stereocenters. The first kappa shape index (κ1) is 12.5. The molecular weight excluding hydrogens is 226 g/mol. The lowest BCUT2D eigenvalue weighted by Crippen LogP contribution is -2.15. The van der Waals surface area contributed by atoms with E-state index in [-0.39, 0.29) is 5.75 Å². The number of hydrogen-bond donors (Lipinski definition) is 2. The molecule has 1 aromatic heterocycles. The molecule has 1 heterocycles. The van der Waals surface area contributed by atoms with Gasteiger partial charge in [0.25, 0.3) is 0 Å². The maximum absolute atomic E-state index is 9.25. The Morgan fingerprint density at radius 3 is 2.67 bits per heavy atom. The average Bonchev–Trinajstić information content (AvgIpc) is 2.40. The summed E-state index contributed by atoms with van der Waals surface area (Å²) in [6, 6.07) is 8.82. The molecule has 94 valence electrons. The Hall–Kier alpha value is -1.94. The van der Waals surface area contributed by atoms with Gasteiger partial charge in [-0.1, -0.05) is 6.92 Å². The largest absolute Gasteiger partial charge is 0.508 e. The van der Waals surface area contributed by atoms with Crippen LogP contribution in [0.5, 0.6) is 5.75 Å². The van der Waals surface area contributed by atoms with Crippen LogP contribution in [0.25, 0.3) is 11.4 Å². The summed E-state index contributed by atoms with van der Waals surface area (Å²) in [5.41, 5.74) is 1.88. The standard InChI is InChI=1S/C14H17N3O/c1-2-8-15-10-12-7-9-16-14(17-12)11-3-5-13(18)6-4-11/h3-7,9,15,18H,2,8,10H2,1H3. The maximum Gasteiger partial charge on any atom is 0.159 e. The predicted molar refractivity (Wildman–Crippen MR) is 71.1 cm³/mol. The molecule has 18 heavy (non-hydrogen) atoms. The van der Waals surface area contributed by atoms with Crippen LogP contribution in [0.1, 0.15) is 19.0 Å². The van der Waals surface area contributed by atoms with Gasteiger partial charge in [0, 0.05) is 18.3 Å². The fraction of sp³-hybridized carbons (Fsp3) is 0.286. The number of hydrogen-bond acceptors (Lipinski definition) is 4. The van der Waals surface area contributed by atoms with Crippen molar-refractivity contribution < 1.29 is 5.11 Å². The van der Waals surface area contributed by atoms with Gasteiger partial charge in [-0.25, -0.2) is 9.97 Å². The Kier molecular flexibility index (Phi) is 4.25. The van der Waals surface area contributed by atoms with Gasteiger partial charge in [-0.15, -0.1) is 0 Å². The van der Waals surface area contributed by atoms with Crippen LogP contribution < -0.4 is 5.32 Å². The highest BCUT2D eigenvalue weighted by Gasteiger charge is 2.02. The predicted octanol–water partition coefficient (Wildman–Crippen LogP) is 2.35. The summed E-state index contributed by atoms with van der Waals surface area (Å²) in [5, 5.41) is 12.6. The lowest BCUT2D eigenvalue weighted by Gasteiger charge is -2.05. The topological polar surface area (TPSA) is 58.0 Å². The van der Waals surface area contributed by atoms with Crippen LogP contribution in [0.3, 0.4) is 0 Å². The number of phenols is 1. The molecule has 1 aromatic carbocycles. The molecule has 0 fully saturated rings. The second-order valence-electron chi connectivity index (χ2n) is 4.10. The zero-order valence-corrected chi connectivity index (χ0v) is 10.4. The molecule has 0 bridgehead atoms. The Morgan fingerprint density at radius 2 is 1.94 bits per heavy atom. The molecule has 4 heteroatoms. The van der Waals surface area contributed by atoms with Crippen molar-refractivity contribution in [2.75, 3.05) is 6.54 Å². The summed E-state index contributed by atoms with van der Waals surface area (Å²) in [5.74, 6) is 0.935. The summed E-state index contributed by atoms with van der Waals surface area (Å²) in [7, 11) is 0. The molecule has 0 aliphatic carbocycles. The minimum absolute atomic E-state index is 0.250. The SMILES string of the molecule is CCCNCc1ccnc(-c2ccc(O)cc2)n1. The molecule has 0 amide bonds. The number of nitrogens with zero attached hydrogens (tertiary/aromatic N) is 2. The van der Waals surface area contributed by atoms with Crippen LogP contribution in [0.15, 0.2) is 36.5 Å². The molecule has 0 aliphatic rings. The van der Waals surface area contributed by atoms with E-state index in [0.29, 0.717) is 5.82 Å². The van der Waals surface area contributed by atoms with E-state index in [2.05, 4.69) is 22.2 Å². The van der Waals surface area contributed by atoms with E-state index < -0.39 is 0 Å². The highest BCUT2D eigenvalue weighted by atomic mass is 16.3. The van der Waals surface area contributed by atoms with Gasteiger partial charge < -0.3 is 10.4 Å². The van der Waals surface area contributed by atoms with Crippen LogP contribution in [0.2, 0.25) is 0 Å². The molecule has 0 spiro atoms. The van der Waals surface area contributed by atoms with Gasteiger partial charge in [0.05, 0.1) is 5.69 Å². The molecule has 2 rings (SSSR count). The lowest BCUT2D eigenvalue weighted by molar-refractivity contribution is 0.475. The van der Waals surface area contributed by atoms with Crippen molar-refractivity contribution in [3.8, 4) is 17.1 Å². The second kappa shape index (κ2) is 6.12. The zero-order chi connectivity index (χ0) is 12.8. The van der Waals surface area contributed by atoms with Crippen molar-refractivity contribution in [2.45, 2.75) is 19.9 Å². The second-order valence-corrected chi connectivity index (χ2v) is 4.10. The molecule has 0 radical (unpaired) electrons. The van der Waals surface area contributed by atoms with Crippen molar-refractivity contribution >= 4 is 0 Å². The van der Waals surface area contributed by atoms with Crippen molar-refractivity contribution in [2.24, 2.45) is 0 Å². The van der Waals surface area contributed by atoms with Gasteiger partial charge in [-0.3, -0.25) is 0 Å². The first-order valence-corrected chi connectivity index (χ1v) is 6.11. The minimum atomic E-state index is 0.250. The Balaban J connectivity index is 2.13. The molecule has 4 nitrogen and oxygen atoms in total. The first-order chi connectivity index (χ1) is 8.79. The zero-order valence-electron chi connectivity index (χ0n) is 10.4. The summed E-state index contributed by atoms with van der Waals surface area (Å²) in [6.07, 6.45) is 2.87. The lowest BCUT2D eigenvalue weighted by atomic mass is 10.2. The Bertz CT molecular complexity index is 497. The summed E-state index contributed by atoms with van der Waals surface area (Å²) < 4.78 is 0. The molecule has 0 unspecified atom stereocenters. The minimum Gasteiger partial charge on any atom is -0.508 e. The Morgan fingerprint density at radius 1 is 1.17 bits per heavy atom. The van der Waals surface area contributed by atoms with Crippen LogP contribution in [-0.4, -0.2) is 21.6 Å². The van der Waals surface area contributed by atoms with E-state index in [1.54, 1.807) is 18.3 Å². The molecule has 2 N–H and O–H groups in total. The summed E-state index contributed by atoms with van der Waals surface area (Å²) in [4.78, 5) is 8.74. The van der Waals surface area contributed by atoms with Gasteiger partial charge >= 0.3 is 0 Å². The van der Waals surface area contributed by atoms with E-state index in [1.165, 1.54) is 0 Å². The number of aromatic hydroxyl groups is 1. The third-order valence-electron chi connectivity index (χ3n) is 2.57. The van der Waals surface area contributed by atoms with Gasteiger partial charge in [-0.2, -0.15) is 0 Å². The van der Waals surface area contributed by atoms with Crippen LogP contribution in [0, 0.1) is 0 Å². The molecule has 2 aromatic rings. The van der Waals surface area contributed by atoms with Crippen LogP contribution in [-0.2, 0) is 6.54 Å². The number of nitrogens with one attached hydrogen (secondary N) is 1. The molecule has 0 saturated carbocycles. The molecule has 0 saturated heterocycles. The molecular formula is C14H17N3O. The fourth-order valence-corrected chi connectivity index (χ4v) is 1.64. The van der Waals surface area contributed by atoms with Gasteiger partial charge in [0.15, 0.2) is 5.82 Å². The maximum atomic E-state index is 9.25. The van der Waals surface area contributed by atoms with Crippen molar-refractivity contribution in [1.82, 2.24) is 15.3 Å². The number of rotatable bonds is 5. The van der Waals surface area contributed by atoms with E-state index in [0.717, 1.165) is 30.8 Å². The summed E-state index contributed by atoms with van der Waals surface area (Å²) in [6.45, 7) is 3.87. The van der Waals surface area contributed by atoms with E-state index in [1.807, 2.05) is 18.2 Å². The Labute approximate surface area is 107 Å². The quantitative estimate of drug-likeness (QED) is 0.791. The van der Waals surface area contributed by atoms with E-state index in [4.69, 9.17) is 0 Å². The summed E-state index contributed by atoms with van der Waals surface area (Å²) >= 11 is 0.